The summed E-state index contributed by atoms with van der Waals surface area (Å²) in [5, 5.41) is 3.35. The normalized spacial score (nSPS) is 12.6. The number of nitrogens with zero attached hydrogens (tertiary/aromatic N) is 2. The summed E-state index contributed by atoms with van der Waals surface area (Å²) in [7, 11) is 0. The number of ether oxygens (including phenoxy) is 2. The number of hydrogen-bond donors (Lipinski definition) is 1. The number of aromatic nitrogens is 2. The van der Waals surface area contributed by atoms with Crippen LogP contribution in [0.4, 0.5) is 5.95 Å². The maximum atomic E-state index is 5.50. The molecule has 5 heteroatoms. The lowest BCUT2D eigenvalue weighted by Crippen LogP contribution is -2.21. The third-order valence-electron chi connectivity index (χ3n) is 2.79. The van der Waals surface area contributed by atoms with Crippen LogP contribution in [0, 0.1) is 6.92 Å². The van der Waals surface area contributed by atoms with Gasteiger partial charge in [0.1, 0.15) is 0 Å². The highest BCUT2D eigenvalue weighted by molar-refractivity contribution is 5.28. The Bertz CT molecular complexity index is 352. The maximum Gasteiger partial charge on any atom is 0.203 e. The first kappa shape index (κ1) is 16.0. The molecule has 0 aliphatic heterocycles. The van der Waals surface area contributed by atoms with Gasteiger partial charge in [0.2, 0.25) is 5.95 Å². The molecule has 0 saturated carbocycles. The fraction of sp³-hybridized carbons (Fsp3) is 0.786. The molecule has 1 aromatic rings. The molecule has 5 nitrogen and oxygen atoms in total. The van der Waals surface area contributed by atoms with Gasteiger partial charge in [-0.1, -0.05) is 0 Å². The average molecular weight is 269 g/mol. The monoisotopic (exact) mass is 269 g/mol. The Balaban J connectivity index is 2.43. The predicted octanol–water partition coefficient (Wildman–Crippen LogP) is 2.46. The number of nitrogens with one attached hydrogen (secondary N) is 1. The van der Waals surface area contributed by atoms with Crippen molar-refractivity contribution < 1.29 is 9.47 Å². The number of imidazole rings is 1. The zero-order chi connectivity index (χ0) is 14.1. The first-order valence-electron chi connectivity index (χ1n) is 7.14. The van der Waals surface area contributed by atoms with Crippen molar-refractivity contribution in [2.75, 3.05) is 31.7 Å². The highest BCUT2D eigenvalue weighted by atomic mass is 16.5. The number of aryl methyl sites for hydroxylation is 2. The Kier molecular flexibility index (Phi) is 7.52. The first-order valence-corrected chi connectivity index (χ1v) is 7.14. The maximum absolute atomic E-state index is 5.50. The van der Waals surface area contributed by atoms with Crippen molar-refractivity contribution >= 4 is 5.95 Å². The molecule has 1 rings (SSSR count). The van der Waals surface area contributed by atoms with Crippen molar-refractivity contribution in [3.63, 3.8) is 0 Å². The third kappa shape index (κ3) is 6.07. The van der Waals surface area contributed by atoms with E-state index in [2.05, 4.69) is 28.0 Å². The van der Waals surface area contributed by atoms with E-state index >= 15 is 0 Å². The first-order chi connectivity index (χ1) is 9.17. The van der Waals surface area contributed by atoms with Crippen molar-refractivity contribution in [3.05, 3.63) is 11.9 Å². The number of hydrogen-bond acceptors (Lipinski definition) is 4. The zero-order valence-electron chi connectivity index (χ0n) is 12.6. The van der Waals surface area contributed by atoms with Gasteiger partial charge in [-0.15, -0.1) is 0 Å². The Morgan fingerprint density at radius 3 is 2.84 bits per heavy atom. The summed E-state index contributed by atoms with van der Waals surface area (Å²) in [5.41, 5.74) is 1.03. The van der Waals surface area contributed by atoms with Crippen LogP contribution in [0.3, 0.4) is 0 Å². The molecule has 1 aromatic heterocycles. The molecule has 1 unspecified atom stereocenters. The van der Waals surface area contributed by atoms with Crippen LogP contribution in [-0.2, 0) is 16.0 Å². The van der Waals surface area contributed by atoms with E-state index in [1.807, 2.05) is 20.8 Å². The molecule has 0 radical (unpaired) electrons. The predicted molar refractivity (Wildman–Crippen MR) is 77.7 cm³/mol. The lowest BCUT2D eigenvalue weighted by atomic mass is 10.4. The molecule has 110 valence electrons. The molecule has 0 amide bonds. The molecule has 0 spiro atoms. The summed E-state index contributed by atoms with van der Waals surface area (Å²) >= 11 is 0. The molecule has 1 atom stereocenters. The van der Waals surface area contributed by atoms with Crippen molar-refractivity contribution in [1.29, 1.82) is 0 Å². The SMILES string of the molecule is CCOCCCn1cc(C)nc1NCC(C)OCC. The Labute approximate surface area is 116 Å². The van der Waals surface area contributed by atoms with E-state index in [0.717, 1.165) is 51.0 Å². The van der Waals surface area contributed by atoms with Gasteiger partial charge in [-0.05, 0) is 34.1 Å². The minimum absolute atomic E-state index is 0.193. The quantitative estimate of drug-likeness (QED) is 0.663. The molecule has 1 N–H and O–H groups in total. The van der Waals surface area contributed by atoms with Crippen LogP contribution in [-0.4, -0.2) is 42.0 Å². The molecule has 1 heterocycles. The largest absolute Gasteiger partial charge is 0.382 e. The van der Waals surface area contributed by atoms with Crippen molar-refractivity contribution in [2.45, 2.75) is 46.8 Å². The van der Waals surface area contributed by atoms with Crippen molar-refractivity contribution in [3.8, 4) is 0 Å². The standard InChI is InChI=1S/C14H27N3O2/c1-5-18-9-7-8-17-11-12(3)16-14(17)15-10-13(4)19-6-2/h11,13H,5-10H2,1-4H3,(H,15,16). The van der Waals surface area contributed by atoms with Gasteiger partial charge in [0.25, 0.3) is 0 Å². The van der Waals surface area contributed by atoms with Gasteiger partial charge in [-0.3, -0.25) is 0 Å². The van der Waals surface area contributed by atoms with E-state index in [0.29, 0.717) is 0 Å². The van der Waals surface area contributed by atoms with E-state index in [-0.39, 0.29) is 6.10 Å². The van der Waals surface area contributed by atoms with E-state index in [4.69, 9.17) is 9.47 Å². The van der Waals surface area contributed by atoms with Crippen LogP contribution >= 0.6 is 0 Å². The summed E-state index contributed by atoms with van der Waals surface area (Å²) in [6.45, 7) is 12.1. The zero-order valence-corrected chi connectivity index (χ0v) is 12.6. The van der Waals surface area contributed by atoms with E-state index in [1.165, 1.54) is 0 Å². The Morgan fingerprint density at radius 1 is 1.37 bits per heavy atom. The van der Waals surface area contributed by atoms with Gasteiger partial charge >= 0.3 is 0 Å². The minimum atomic E-state index is 0.193. The van der Waals surface area contributed by atoms with Gasteiger partial charge in [0, 0.05) is 39.1 Å². The molecule has 0 aliphatic carbocycles. The minimum Gasteiger partial charge on any atom is -0.382 e. The van der Waals surface area contributed by atoms with Crippen LogP contribution in [0.15, 0.2) is 6.20 Å². The summed E-state index contributed by atoms with van der Waals surface area (Å²) in [6.07, 6.45) is 3.26. The average Bonchev–Trinajstić information content (AvgIpc) is 2.73. The number of anilines is 1. The summed E-state index contributed by atoms with van der Waals surface area (Å²) in [4.78, 5) is 4.50. The molecule has 0 bridgehead atoms. The lowest BCUT2D eigenvalue weighted by molar-refractivity contribution is 0.0853. The van der Waals surface area contributed by atoms with Gasteiger partial charge in [-0.25, -0.2) is 4.98 Å². The smallest absolute Gasteiger partial charge is 0.203 e. The summed E-state index contributed by atoms with van der Waals surface area (Å²) in [6, 6.07) is 0. The van der Waals surface area contributed by atoms with Gasteiger partial charge in [0.15, 0.2) is 0 Å². The molecular weight excluding hydrogens is 242 g/mol. The van der Waals surface area contributed by atoms with Gasteiger partial charge < -0.3 is 19.4 Å². The van der Waals surface area contributed by atoms with Crippen LogP contribution in [0.5, 0.6) is 0 Å². The molecule has 0 aliphatic rings. The van der Waals surface area contributed by atoms with Gasteiger partial charge in [-0.2, -0.15) is 0 Å². The highest BCUT2D eigenvalue weighted by Gasteiger charge is 2.07. The highest BCUT2D eigenvalue weighted by Crippen LogP contribution is 2.09. The van der Waals surface area contributed by atoms with Crippen molar-refractivity contribution in [1.82, 2.24) is 9.55 Å². The molecule has 0 saturated heterocycles. The topological polar surface area (TPSA) is 48.3 Å². The fourth-order valence-corrected chi connectivity index (χ4v) is 1.92. The lowest BCUT2D eigenvalue weighted by Gasteiger charge is -2.14. The second-order valence-corrected chi connectivity index (χ2v) is 4.60. The van der Waals surface area contributed by atoms with E-state index < -0.39 is 0 Å². The Morgan fingerprint density at radius 2 is 2.16 bits per heavy atom. The van der Waals surface area contributed by atoms with Gasteiger partial charge in [0.05, 0.1) is 11.8 Å². The summed E-state index contributed by atoms with van der Waals surface area (Å²) < 4.78 is 13.0. The van der Waals surface area contributed by atoms with Crippen LogP contribution in [0.25, 0.3) is 0 Å². The van der Waals surface area contributed by atoms with Crippen molar-refractivity contribution in [2.24, 2.45) is 0 Å². The number of rotatable bonds is 10. The molecule has 0 fully saturated rings. The summed E-state index contributed by atoms with van der Waals surface area (Å²) in [5.74, 6) is 0.917. The fourth-order valence-electron chi connectivity index (χ4n) is 1.92. The second-order valence-electron chi connectivity index (χ2n) is 4.60. The van der Waals surface area contributed by atoms with E-state index in [1.54, 1.807) is 0 Å². The molecule has 19 heavy (non-hydrogen) atoms. The van der Waals surface area contributed by atoms with E-state index in [9.17, 15) is 0 Å². The van der Waals surface area contributed by atoms with Crippen LogP contribution in [0.2, 0.25) is 0 Å². The molecule has 0 aromatic carbocycles. The Hall–Kier alpha value is -1.07. The van der Waals surface area contributed by atoms with Crippen LogP contribution < -0.4 is 5.32 Å². The third-order valence-corrected chi connectivity index (χ3v) is 2.79. The second kappa shape index (κ2) is 8.93. The molecular formula is C14H27N3O2. The van der Waals surface area contributed by atoms with Crippen LogP contribution in [0.1, 0.15) is 32.9 Å².